The molecule has 4 nitrogen and oxygen atoms in total. The molecule has 126 valence electrons. The number of benzene rings is 2. The summed E-state index contributed by atoms with van der Waals surface area (Å²) >= 11 is 0. The van der Waals surface area contributed by atoms with Gasteiger partial charge in [-0.1, -0.05) is 42.5 Å². The van der Waals surface area contributed by atoms with E-state index in [-0.39, 0.29) is 30.4 Å². The zero-order chi connectivity index (χ0) is 17.1. The second-order valence-electron chi connectivity index (χ2n) is 6.20. The van der Waals surface area contributed by atoms with Crippen molar-refractivity contribution >= 4 is 6.03 Å². The molecule has 1 saturated carbocycles. The summed E-state index contributed by atoms with van der Waals surface area (Å²) in [6.07, 6.45) is -0.0205. The van der Waals surface area contributed by atoms with Gasteiger partial charge in [0.25, 0.3) is 0 Å². The monoisotopic (exact) mass is 328 g/mol. The Morgan fingerprint density at radius 3 is 2.71 bits per heavy atom. The number of hydrogen-bond acceptors (Lipinski definition) is 2. The Morgan fingerprint density at radius 2 is 1.96 bits per heavy atom. The molecule has 3 atom stereocenters. The van der Waals surface area contributed by atoms with Crippen molar-refractivity contribution in [2.45, 2.75) is 31.4 Å². The Bertz CT molecular complexity index is 735. The lowest BCUT2D eigenvalue weighted by Gasteiger charge is -2.15. The summed E-state index contributed by atoms with van der Waals surface area (Å²) in [5.74, 6) is -0.208. The SMILES string of the molecule is Cc1ccccc1C(O)CNC(=O)NC1CC1c1ccccc1F. The zero-order valence-electron chi connectivity index (χ0n) is 13.5. The number of aliphatic hydroxyl groups excluding tert-OH is 1. The second-order valence-corrected chi connectivity index (χ2v) is 6.20. The van der Waals surface area contributed by atoms with E-state index in [1.54, 1.807) is 18.2 Å². The molecule has 1 aliphatic carbocycles. The van der Waals surface area contributed by atoms with E-state index >= 15 is 0 Å². The maximum atomic E-state index is 13.7. The third kappa shape index (κ3) is 3.74. The van der Waals surface area contributed by atoms with Crippen molar-refractivity contribution in [2.75, 3.05) is 6.54 Å². The van der Waals surface area contributed by atoms with E-state index in [2.05, 4.69) is 10.6 Å². The van der Waals surface area contributed by atoms with Crippen LogP contribution in [0.2, 0.25) is 0 Å². The Hall–Kier alpha value is -2.40. The third-order valence-electron chi connectivity index (χ3n) is 4.42. The molecule has 2 aromatic rings. The number of hydrogen-bond donors (Lipinski definition) is 3. The molecule has 5 heteroatoms. The largest absolute Gasteiger partial charge is 0.387 e. The molecule has 0 radical (unpaired) electrons. The maximum Gasteiger partial charge on any atom is 0.315 e. The first kappa shape index (κ1) is 16.5. The Morgan fingerprint density at radius 1 is 1.25 bits per heavy atom. The predicted octanol–water partition coefficient (Wildman–Crippen LogP) is 3.02. The van der Waals surface area contributed by atoms with E-state index in [0.29, 0.717) is 5.56 Å². The summed E-state index contributed by atoms with van der Waals surface area (Å²) in [4.78, 5) is 11.9. The molecule has 1 aliphatic rings. The number of urea groups is 1. The fourth-order valence-corrected chi connectivity index (χ4v) is 2.95. The predicted molar refractivity (Wildman–Crippen MR) is 90.2 cm³/mol. The minimum atomic E-state index is -0.751. The highest BCUT2D eigenvalue weighted by molar-refractivity contribution is 5.75. The fourth-order valence-electron chi connectivity index (χ4n) is 2.95. The Balaban J connectivity index is 1.47. The Labute approximate surface area is 140 Å². The summed E-state index contributed by atoms with van der Waals surface area (Å²) in [5.41, 5.74) is 2.42. The highest BCUT2D eigenvalue weighted by Crippen LogP contribution is 2.41. The standard InChI is InChI=1S/C19H21FN2O2/c1-12-6-2-3-7-13(12)18(23)11-21-19(24)22-17-10-15(17)14-8-4-5-9-16(14)20/h2-9,15,17-18,23H,10-11H2,1H3,(H2,21,22,24). The molecule has 0 spiro atoms. The number of aryl methyl sites for hydroxylation is 1. The van der Waals surface area contributed by atoms with Gasteiger partial charge in [0.2, 0.25) is 0 Å². The first-order chi connectivity index (χ1) is 11.6. The lowest BCUT2D eigenvalue weighted by atomic mass is 10.0. The van der Waals surface area contributed by atoms with Crippen LogP contribution in [-0.4, -0.2) is 23.7 Å². The van der Waals surface area contributed by atoms with Gasteiger partial charge in [0, 0.05) is 18.5 Å². The minimum Gasteiger partial charge on any atom is -0.387 e. The zero-order valence-corrected chi connectivity index (χ0v) is 13.5. The van der Waals surface area contributed by atoms with Gasteiger partial charge in [-0.3, -0.25) is 0 Å². The maximum absolute atomic E-state index is 13.7. The highest BCUT2D eigenvalue weighted by Gasteiger charge is 2.40. The van der Waals surface area contributed by atoms with Gasteiger partial charge < -0.3 is 15.7 Å². The smallest absolute Gasteiger partial charge is 0.315 e. The van der Waals surface area contributed by atoms with E-state index in [1.807, 2.05) is 31.2 Å². The van der Waals surface area contributed by atoms with Crippen LogP contribution in [-0.2, 0) is 0 Å². The van der Waals surface area contributed by atoms with Gasteiger partial charge in [-0.2, -0.15) is 0 Å². The number of carbonyl (C=O) groups excluding carboxylic acids is 1. The van der Waals surface area contributed by atoms with Crippen molar-refractivity contribution in [2.24, 2.45) is 0 Å². The minimum absolute atomic E-state index is 0.0261. The van der Waals surface area contributed by atoms with Gasteiger partial charge in [-0.25, -0.2) is 9.18 Å². The van der Waals surface area contributed by atoms with Crippen LogP contribution in [0.15, 0.2) is 48.5 Å². The van der Waals surface area contributed by atoms with Crippen LogP contribution in [0.4, 0.5) is 9.18 Å². The normalized spacial score (nSPS) is 20.3. The van der Waals surface area contributed by atoms with Crippen molar-refractivity contribution in [1.82, 2.24) is 10.6 Å². The van der Waals surface area contributed by atoms with Crippen LogP contribution >= 0.6 is 0 Å². The molecule has 0 aromatic heterocycles. The number of amides is 2. The average molecular weight is 328 g/mol. The van der Waals surface area contributed by atoms with E-state index in [4.69, 9.17) is 0 Å². The van der Waals surface area contributed by atoms with Crippen LogP contribution in [0.25, 0.3) is 0 Å². The molecule has 1 fully saturated rings. The first-order valence-electron chi connectivity index (χ1n) is 8.08. The summed E-state index contributed by atoms with van der Waals surface area (Å²) in [6.45, 7) is 2.05. The van der Waals surface area contributed by atoms with Crippen molar-refractivity contribution in [1.29, 1.82) is 0 Å². The van der Waals surface area contributed by atoms with E-state index in [1.165, 1.54) is 6.07 Å². The van der Waals surface area contributed by atoms with E-state index in [0.717, 1.165) is 17.5 Å². The second kappa shape index (κ2) is 7.01. The lowest BCUT2D eigenvalue weighted by molar-refractivity contribution is 0.172. The Kier molecular flexibility index (Phi) is 4.81. The quantitative estimate of drug-likeness (QED) is 0.790. The van der Waals surface area contributed by atoms with Crippen LogP contribution in [0.5, 0.6) is 0 Å². The van der Waals surface area contributed by atoms with E-state index in [9.17, 15) is 14.3 Å². The van der Waals surface area contributed by atoms with Crippen molar-refractivity contribution < 1.29 is 14.3 Å². The molecule has 0 bridgehead atoms. The fraction of sp³-hybridized carbons (Fsp3) is 0.316. The molecule has 3 N–H and O–H groups in total. The van der Waals surface area contributed by atoms with Gasteiger partial charge in [0.05, 0.1) is 6.10 Å². The van der Waals surface area contributed by atoms with Gasteiger partial charge >= 0.3 is 6.03 Å². The molecule has 2 amide bonds. The van der Waals surface area contributed by atoms with Crippen LogP contribution in [0.3, 0.4) is 0 Å². The third-order valence-corrected chi connectivity index (χ3v) is 4.42. The molecule has 0 saturated heterocycles. The number of carbonyl (C=O) groups is 1. The average Bonchev–Trinajstić information content (AvgIpc) is 3.32. The van der Waals surface area contributed by atoms with Gasteiger partial charge in [-0.05, 0) is 36.1 Å². The molecule has 0 aliphatic heterocycles. The van der Waals surface area contributed by atoms with E-state index < -0.39 is 6.10 Å². The highest BCUT2D eigenvalue weighted by atomic mass is 19.1. The summed E-state index contributed by atoms with van der Waals surface area (Å²) < 4.78 is 13.7. The summed E-state index contributed by atoms with van der Waals surface area (Å²) in [6, 6.07) is 13.8. The van der Waals surface area contributed by atoms with Gasteiger partial charge in [-0.15, -0.1) is 0 Å². The van der Waals surface area contributed by atoms with Crippen LogP contribution in [0.1, 0.15) is 35.1 Å². The van der Waals surface area contributed by atoms with Crippen LogP contribution < -0.4 is 10.6 Å². The number of nitrogens with one attached hydrogen (secondary N) is 2. The molecule has 2 aromatic carbocycles. The number of rotatable bonds is 5. The topological polar surface area (TPSA) is 61.4 Å². The molecule has 3 unspecified atom stereocenters. The molecule has 0 heterocycles. The van der Waals surface area contributed by atoms with Crippen molar-refractivity contribution in [3.8, 4) is 0 Å². The van der Waals surface area contributed by atoms with Gasteiger partial charge in [0.1, 0.15) is 5.82 Å². The van der Waals surface area contributed by atoms with Crippen molar-refractivity contribution in [3.63, 3.8) is 0 Å². The lowest BCUT2D eigenvalue weighted by Crippen LogP contribution is -2.39. The molecular weight excluding hydrogens is 307 g/mol. The summed E-state index contributed by atoms with van der Waals surface area (Å²) in [5, 5.41) is 15.7. The summed E-state index contributed by atoms with van der Waals surface area (Å²) in [7, 11) is 0. The van der Waals surface area contributed by atoms with Crippen molar-refractivity contribution in [3.05, 3.63) is 71.0 Å². The number of aliphatic hydroxyl groups is 1. The molecule has 24 heavy (non-hydrogen) atoms. The molecular formula is C19H21FN2O2. The molecule has 3 rings (SSSR count). The first-order valence-corrected chi connectivity index (χ1v) is 8.08. The van der Waals surface area contributed by atoms with Gasteiger partial charge in [0.15, 0.2) is 0 Å². The number of halogens is 1. The van der Waals surface area contributed by atoms with Crippen LogP contribution in [0, 0.1) is 12.7 Å².